The van der Waals surface area contributed by atoms with Crippen LogP contribution in [0, 0.1) is 5.92 Å². The van der Waals surface area contributed by atoms with E-state index in [2.05, 4.69) is 5.32 Å². The highest BCUT2D eigenvalue weighted by molar-refractivity contribution is 5.96. The van der Waals surface area contributed by atoms with Crippen LogP contribution in [0.5, 0.6) is 11.5 Å². The van der Waals surface area contributed by atoms with E-state index in [1.165, 1.54) is 0 Å². The molecule has 1 aliphatic heterocycles. The van der Waals surface area contributed by atoms with Gasteiger partial charge >= 0.3 is 0 Å². The van der Waals surface area contributed by atoms with Gasteiger partial charge in [0, 0.05) is 23.6 Å². The number of ether oxygens (including phenoxy) is 2. The molecule has 176 valence electrons. The van der Waals surface area contributed by atoms with E-state index in [-0.39, 0.29) is 30.3 Å². The van der Waals surface area contributed by atoms with Crippen LogP contribution in [0.25, 0.3) is 0 Å². The highest BCUT2D eigenvalue weighted by Gasteiger charge is 2.50. The molecular formula is C26H32N2O5. The van der Waals surface area contributed by atoms with Gasteiger partial charge in [0.05, 0.1) is 32.4 Å². The molecule has 4 rings (SSSR count). The fourth-order valence-electron chi connectivity index (χ4n) is 5.37. The molecule has 2 aromatic carbocycles. The van der Waals surface area contributed by atoms with Crippen LogP contribution in [0.3, 0.4) is 0 Å². The molecule has 2 aromatic rings. The topological polar surface area (TPSA) is 88.1 Å². The van der Waals surface area contributed by atoms with Gasteiger partial charge in [0.1, 0.15) is 11.5 Å². The third-order valence-corrected chi connectivity index (χ3v) is 7.08. The summed E-state index contributed by atoms with van der Waals surface area (Å²) in [7, 11) is 3.21. The molecule has 1 heterocycles. The number of aliphatic hydroxyl groups is 1. The van der Waals surface area contributed by atoms with Gasteiger partial charge in [0.25, 0.3) is 5.91 Å². The Labute approximate surface area is 194 Å². The Hall–Kier alpha value is -3.06. The van der Waals surface area contributed by atoms with Crippen LogP contribution in [0.1, 0.15) is 54.1 Å². The minimum atomic E-state index is -0.818. The third kappa shape index (κ3) is 4.69. The van der Waals surface area contributed by atoms with Crippen molar-refractivity contribution in [3.8, 4) is 11.5 Å². The van der Waals surface area contributed by atoms with Crippen molar-refractivity contribution in [1.82, 2.24) is 10.2 Å². The smallest absolute Gasteiger partial charge is 0.251 e. The summed E-state index contributed by atoms with van der Waals surface area (Å²) >= 11 is 0. The average Bonchev–Trinajstić information content (AvgIpc) is 2.86. The zero-order valence-electron chi connectivity index (χ0n) is 19.3. The van der Waals surface area contributed by atoms with Crippen LogP contribution in [-0.2, 0) is 4.79 Å². The summed E-state index contributed by atoms with van der Waals surface area (Å²) in [4.78, 5) is 27.7. The van der Waals surface area contributed by atoms with Gasteiger partial charge in [-0.05, 0) is 49.6 Å². The molecule has 1 saturated heterocycles. The van der Waals surface area contributed by atoms with E-state index < -0.39 is 5.60 Å². The van der Waals surface area contributed by atoms with Crippen molar-refractivity contribution in [3.63, 3.8) is 0 Å². The molecule has 0 spiro atoms. The van der Waals surface area contributed by atoms with Crippen LogP contribution in [0.15, 0.2) is 48.5 Å². The van der Waals surface area contributed by atoms with Crippen LogP contribution in [0.4, 0.5) is 0 Å². The molecule has 7 nitrogen and oxygen atoms in total. The highest BCUT2D eigenvalue weighted by atomic mass is 16.5. The number of amides is 2. The number of rotatable bonds is 6. The fraction of sp³-hybridized carbons (Fsp3) is 0.462. The summed E-state index contributed by atoms with van der Waals surface area (Å²) in [6, 6.07) is 14.0. The first-order chi connectivity index (χ1) is 16.0. The lowest BCUT2D eigenvalue weighted by Gasteiger charge is -2.52. The van der Waals surface area contributed by atoms with Gasteiger partial charge in [-0.1, -0.05) is 31.0 Å². The molecule has 33 heavy (non-hydrogen) atoms. The number of hydrogen-bond donors (Lipinski definition) is 2. The number of nitrogens with zero attached hydrogens (tertiary/aromatic N) is 1. The molecule has 0 aromatic heterocycles. The van der Waals surface area contributed by atoms with Crippen LogP contribution >= 0.6 is 0 Å². The van der Waals surface area contributed by atoms with E-state index in [9.17, 15) is 14.7 Å². The van der Waals surface area contributed by atoms with Crippen molar-refractivity contribution < 1.29 is 24.2 Å². The van der Waals surface area contributed by atoms with Crippen LogP contribution in [0.2, 0.25) is 0 Å². The quantitative estimate of drug-likeness (QED) is 0.702. The minimum absolute atomic E-state index is 0.109. The Kier molecular flexibility index (Phi) is 6.88. The molecule has 7 heteroatoms. The summed E-state index contributed by atoms with van der Waals surface area (Å²) in [6.07, 6.45) is 4.06. The zero-order valence-corrected chi connectivity index (χ0v) is 19.3. The molecule has 0 bridgehead atoms. The summed E-state index contributed by atoms with van der Waals surface area (Å²) < 4.78 is 11.1. The van der Waals surface area contributed by atoms with Gasteiger partial charge in [0.15, 0.2) is 0 Å². The Morgan fingerprint density at radius 1 is 1.09 bits per heavy atom. The fourth-order valence-corrected chi connectivity index (χ4v) is 5.37. The summed E-state index contributed by atoms with van der Waals surface area (Å²) in [5, 5.41) is 14.3. The first kappa shape index (κ1) is 23.1. The molecule has 2 amide bonds. The second kappa shape index (κ2) is 9.83. The van der Waals surface area contributed by atoms with E-state index >= 15 is 0 Å². The first-order valence-electron chi connectivity index (χ1n) is 11.5. The maximum atomic E-state index is 13.4. The van der Waals surface area contributed by atoms with Crippen molar-refractivity contribution in [1.29, 1.82) is 0 Å². The SMILES string of the molecule is COc1ccc(OC)c(C2C3CCCCC3(O)CCN2C(=O)CNC(=O)c2ccccc2)c1. The lowest BCUT2D eigenvalue weighted by molar-refractivity contribution is -0.154. The van der Waals surface area contributed by atoms with Crippen LogP contribution in [-0.4, -0.2) is 54.7 Å². The van der Waals surface area contributed by atoms with Gasteiger partial charge in [-0.3, -0.25) is 9.59 Å². The van der Waals surface area contributed by atoms with Crippen LogP contribution < -0.4 is 14.8 Å². The van der Waals surface area contributed by atoms with Gasteiger partial charge in [-0.25, -0.2) is 0 Å². The van der Waals surface area contributed by atoms with Gasteiger partial charge in [-0.2, -0.15) is 0 Å². The van der Waals surface area contributed by atoms with Gasteiger partial charge in [0.2, 0.25) is 5.91 Å². The maximum absolute atomic E-state index is 13.4. The van der Waals surface area contributed by atoms with Crippen molar-refractivity contribution in [3.05, 3.63) is 59.7 Å². The number of hydrogen-bond acceptors (Lipinski definition) is 5. The molecule has 2 aliphatic rings. The molecule has 2 N–H and O–H groups in total. The lowest BCUT2D eigenvalue weighted by Crippen LogP contribution is -2.57. The van der Waals surface area contributed by atoms with Crippen molar-refractivity contribution >= 4 is 11.8 Å². The van der Waals surface area contributed by atoms with Crippen molar-refractivity contribution in [2.24, 2.45) is 5.92 Å². The molecule has 2 fully saturated rings. The zero-order chi connectivity index (χ0) is 23.4. The van der Waals surface area contributed by atoms with E-state index in [0.717, 1.165) is 31.2 Å². The predicted molar refractivity (Wildman–Crippen MR) is 124 cm³/mol. The summed E-state index contributed by atoms with van der Waals surface area (Å²) in [5.74, 6) is 0.740. The Morgan fingerprint density at radius 2 is 1.88 bits per heavy atom. The number of carbonyl (C=O) groups is 2. The number of benzene rings is 2. The monoisotopic (exact) mass is 452 g/mol. The Balaban J connectivity index is 1.63. The Bertz CT molecular complexity index is 995. The Morgan fingerprint density at radius 3 is 2.61 bits per heavy atom. The van der Waals surface area contributed by atoms with E-state index in [1.807, 2.05) is 24.3 Å². The molecule has 3 unspecified atom stereocenters. The molecule has 0 radical (unpaired) electrons. The van der Waals surface area contributed by atoms with Gasteiger partial charge in [-0.15, -0.1) is 0 Å². The van der Waals surface area contributed by atoms with Crippen molar-refractivity contribution in [2.75, 3.05) is 27.3 Å². The molecule has 1 aliphatic carbocycles. The predicted octanol–water partition coefficient (Wildman–Crippen LogP) is 3.33. The highest BCUT2D eigenvalue weighted by Crippen LogP contribution is 2.51. The minimum Gasteiger partial charge on any atom is -0.497 e. The standard InChI is InChI=1S/C26H32N2O5/c1-32-19-11-12-22(33-2)20(16-19)24-21-10-6-7-13-26(21,31)14-15-28(24)23(29)17-27-25(30)18-8-4-3-5-9-18/h3-5,8-9,11-12,16,21,24,31H,6-7,10,13-15,17H2,1-2H3,(H,27,30). The third-order valence-electron chi connectivity index (χ3n) is 7.08. The van der Waals surface area contributed by atoms with E-state index in [1.54, 1.807) is 43.4 Å². The summed E-state index contributed by atoms with van der Waals surface area (Å²) in [6.45, 7) is 0.305. The molecule has 3 atom stereocenters. The number of carbonyl (C=O) groups excluding carboxylic acids is 2. The number of fused-ring (bicyclic) bond motifs is 1. The largest absolute Gasteiger partial charge is 0.497 e. The number of methoxy groups -OCH3 is 2. The average molecular weight is 453 g/mol. The number of piperidine rings is 1. The summed E-state index contributed by atoms with van der Waals surface area (Å²) in [5.41, 5.74) is 0.516. The number of nitrogens with one attached hydrogen (secondary N) is 1. The second-order valence-corrected chi connectivity index (χ2v) is 8.89. The molecular weight excluding hydrogens is 420 g/mol. The van der Waals surface area contributed by atoms with Crippen molar-refractivity contribution in [2.45, 2.75) is 43.7 Å². The normalized spacial score (nSPS) is 24.5. The van der Waals surface area contributed by atoms with Gasteiger partial charge < -0.3 is 24.8 Å². The number of likely N-dealkylation sites (tertiary alicyclic amines) is 1. The maximum Gasteiger partial charge on any atom is 0.251 e. The van der Waals surface area contributed by atoms with E-state index in [4.69, 9.17) is 9.47 Å². The first-order valence-corrected chi connectivity index (χ1v) is 11.5. The second-order valence-electron chi connectivity index (χ2n) is 8.89. The molecule has 1 saturated carbocycles. The van der Waals surface area contributed by atoms with E-state index in [0.29, 0.717) is 30.0 Å². The lowest BCUT2D eigenvalue weighted by atomic mass is 9.66.